The van der Waals surface area contributed by atoms with E-state index in [0.717, 1.165) is 11.3 Å². The zero-order valence-electron chi connectivity index (χ0n) is 14.3. The summed E-state index contributed by atoms with van der Waals surface area (Å²) in [7, 11) is -3.83. The second kappa shape index (κ2) is 8.13. The summed E-state index contributed by atoms with van der Waals surface area (Å²) in [6, 6.07) is 12.2. The Morgan fingerprint density at radius 1 is 1.20 bits per heavy atom. The first-order valence-electron chi connectivity index (χ1n) is 7.95. The van der Waals surface area contributed by atoms with Gasteiger partial charge in [0.15, 0.2) is 0 Å². The molecule has 0 unspecified atom stereocenters. The molecule has 0 bridgehead atoms. The molecule has 2 aromatic carbocycles. The van der Waals surface area contributed by atoms with Gasteiger partial charge in [0.2, 0.25) is 15.9 Å². The number of para-hydroxylation sites is 1. The number of rotatable bonds is 7. The van der Waals surface area contributed by atoms with Crippen LogP contribution in [0.4, 0.5) is 5.69 Å². The van der Waals surface area contributed by atoms with Gasteiger partial charge in [0, 0.05) is 12.1 Å². The molecule has 0 radical (unpaired) electrons. The lowest BCUT2D eigenvalue weighted by Crippen LogP contribution is -2.16. The minimum atomic E-state index is -3.83. The summed E-state index contributed by atoms with van der Waals surface area (Å²) >= 11 is 0. The standard InChI is InChI=1S/C18H22N2O4S/c1-3-24-16-7-5-4-6-14(16)9-11-18(21)20-15-10-8-13(2)17(12-15)25(19,22)23/h4-8,10,12H,3,9,11H2,1-2H3,(H,20,21)(H2,19,22,23). The van der Waals surface area contributed by atoms with Crippen LogP contribution in [0, 0.1) is 6.92 Å². The number of carbonyl (C=O) groups excluding carboxylic acids is 1. The first kappa shape index (κ1) is 19.0. The predicted octanol–water partition coefficient (Wildman–Crippen LogP) is 2.61. The van der Waals surface area contributed by atoms with Crippen molar-refractivity contribution in [2.24, 2.45) is 5.14 Å². The van der Waals surface area contributed by atoms with Gasteiger partial charge < -0.3 is 10.1 Å². The van der Waals surface area contributed by atoms with E-state index in [2.05, 4.69) is 5.32 Å². The van der Waals surface area contributed by atoms with Crippen molar-refractivity contribution < 1.29 is 17.9 Å². The fraction of sp³-hybridized carbons (Fsp3) is 0.278. The zero-order chi connectivity index (χ0) is 18.4. The maximum absolute atomic E-state index is 12.2. The summed E-state index contributed by atoms with van der Waals surface area (Å²) in [5.74, 6) is 0.556. The summed E-state index contributed by atoms with van der Waals surface area (Å²) in [5, 5.41) is 7.89. The number of hydrogen-bond donors (Lipinski definition) is 2. The van der Waals surface area contributed by atoms with Gasteiger partial charge in [-0.05, 0) is 49.6 Å². The van der Waals surface area contributed by atoms with E-state index >= 15 is 0 Å². The lowest BCUT2D eigenvalue weighted by atomic mass is 10.1. The van der Waals surface area contributed by atoms with Crippen molar-refractivity contribution in [1.82, 2.24) is 0 Å². The topological polar surface area (TPSA) is 98.5 Å². The number of nitrogens with two attached hydrogens (primary N) is 1. The molecular formula is C18H22N2O4S. The van der Waals surface area contributed by atoms with E-state index in [4.69, 9.17) is 9.88 Å². The Hall–Kier alpha value is -2.38. The highest BCUT2D eigenvalue weighted by Gasteiger charge is 2.13. The van der Waals surface area contributed by atoms with Gasteiger partial charge in [-0.1, -0.05) is 24.3 Å². The lowest BCUT2D eigenvalue weighted by Gasteiger charge is -2.11. The molecule has 0 aliphatic heterocycles. The fourth-order valence-corrected chi connectivity index (χ4v) is 3.27. The van der Waals surface area contributed by atoms with Crippen LogP contribution in [-0.4, -0.2) is 20.9 Å². The second-order valence-corrected chi connectivity index (χ2v) is 7.14. The molecule has 0 heterocycles. The van der Waals surface area contributed by atoms with E-state index in [9.17, 15) is 13.2 Å². The highest BCUT2D eigenvalue weighted by molar-refractivity contribution is 7.89. The molecule has 2 aromatic rings. The molecule has 134 valence electrons. The van der Waals surface area contributed by atoms with Gasteiger partial charge in [-0.25, -0.2) is 13.6 Å². The predicted molar refractivity (Wildman–Crippen MR) is 97.1 cm³/mol. The number of nitrogens with one attached hydrogen (secondary N) is 1. The average molecular weight is 362 g/mol. The van der Waals surface area contributed by atoms with Crippen molar-refractivity contribution in [1.29, 1.82) is 0 Å². The van der Waals surface area contributed by atoms with Gasteiger partial charge in [-0.15, -0.1) is 0 Å². The number of anilines is 1. The zero-order valence-corrected chi connectivity index (χ0v) is 15.1. The first-order valence-corrected chi connectivity index (χ1v) is 9.50. The van der Waals surface area contributed by atoms with Crippen LogP contribution in [0.15, 0.2) is 47.4 Å². The van der Waals surface area contributed by atoms with Crippen molar-refractivity contribution in [3.05, 3.63) is 53.6 Å². The molecule has 0 aliphatic carbocycles. The Kier molecular flexibility index (Phi) is 6.17. The number of primary sulfonamides is 1. The Balaban J connectivity index is 2.04. The van der Waals surface area contributed by atoms with E-state index in [1.165, 1.54) is 6.07 Å². The van der Waals surface area contributed by atoms with Crippen LogP contribution in [0.5, 0.6) is 5.75 Å². The molecule has 0 spiro atoms. The van der Waals surface area contributed by atoms with Crippen LogP contribution in [0.2, 0.25) is 0 Å². The molecular weight excluding hydrogens is 340 g/mol. The van der Waals surface area contributed by atoms with Crippen molar-refractivity contribution >= 4 is 21.6 Å². The maximum atomic E-state index is 12.2. The largest absolute Gasteiger partial charge is 0.494 e. The lowest BCUT2D eigenvalue weighted by molar-refractivity contribution is -0.116. The SMILES string of the molecule is CCOc1ccccc1CCC(=O)Nc1ccc(C)c(S(N)(=O)=O)c1. The average Bonchev–Trinajstić information content (AvgIpc) is 2.55. The van der Waals surface area contributed by atoms with E-state index in [1.807, 2.05) is 31.2 Å². The van der Waals surface area contributed by atoms with Crippen molar-refractivity contribution in [3.63, 3.8) is 0 Å². The number of hydrogen-bond acceptors (Lipinski definition) is 4. The molecule has 3 N–H and O–H groups in total. The number of sulfonamides is 1. The molecule has 0 fully saturated rings. The monoisotopic (exact) mass is 362 g/mol. The summed E-state index contributed by atoms with van der Waals surface area (Å²) in [4.78, 5) is 12.2. The fourth-order valence-electron chi connectivity index (χ4n) is 2.46. The smallest absolute Gasteiger partial charge is 0.238 e. The number of carbonyl (C=O) groups is 1. The van der Waals surface area contributed by atoms with Crippen molar-refractivity contribution in [2.45, 2.75) is 31.6 Å². The Bertz CT molecular complexity index is 863. The Morgan fingerprint density at radius 3 is 2.60 bits per heavy atom. The molecule has 0 aromatic heterocycles. The van der Waals surface area contributed by atoms with E-state index in [1.54, 1.807) is 19.1 Å². The molecule has 25 heavy (non-hydrogen) atoms. The third-order valence-corrected chi connectivity index (χ3v) is 4.73. The minimum Gasteiger partial charge on any atom is -0.494 e. The van der Waals surface area contributed by atoms with Crippen LogP contribution in [0.3, 0.4) is 0 Å². The Labute approximate surface area is 148 Å². The molecule has 0 saturated heterocycles. The second-order valence-electron chi connectivity index (χ2n) is 5.61. The van der Waals surface area contributed by atoms with Crippen LogP contribution in [-0.2, 0) is 21.2 Å². The minimum absolute atomic E-state index is 0.00647. The molecule has 6 nitrogen and oxygen atoms in total. The molecule has 2 rings (SSSR count). The third-order valence-electron chi connectivity index (χ3n) is 3.67. The third kappa shape index (κ3) is 5.30. The van der Waals surface area contributed by atoms with Crippen LogP contribution < -0.4 is 15.2 Å². The van der Waals surface area contributed by atoms with E-state index in [0.29, 0.717) is 24.3 Å². The van der Waals surface area contributed by atoms with Crippen LogP contribution in [0.1, 0.15) is 24.5 Å². The summed E-state index contributed by atoms with van der Waals surface area (Å²) in [6.45, 7) is 4.11. The van der Waals surface area contributed by atoms with Crippen molar-refractivity contribution in [2.75, 3.05) is 11.9 Å². The maximum Gasteiger partial charge on any atom is 0.238 e. The van der Waals surface area contributed by atoms with Gasteiger partial charge in [-0.2, -0.15) is 0 Å². The van der Waals surface area contributed by atoms with Crippen LogP contribution in [0.25, 0.3) is 0 Å². The van der Waals surface area contributed by atoms with Crippen molar-refractivity contribution in [3.8, 4) is 5.75 Å². The number of ether oxygens (including phenoxy) is 1. The van der Waals surface area contributed by atoms with Gasteiger partial charge >= 0.3 is 0 Å². The number of aryl methyl sites for hydroxylation is 2. The normalized spacial score (nSPS) is 11.2. The van der Waals surface area contributed by atoms with Gasteiger partial charge in [-0.3, -0.25) is 4.79 Å². The van der Waals surface area contributed by atoms with Gasteiger partial charge in [0.05, 0.1) is 11.5 Å². The van der Waals surface area contributed by atoms with Gasteiger partial charge in [0.1, 0.15) is 5.75 Å². The van der Waals surface area contributed by atoms with E-state index in [-0.39, 0.29) is 17.2 Å². The molecule has 0 atom stereocenters. The highest BCUT2D eigenvalue weighted by Crippen LogP contribution is 2.21. The molecule has 0 aliphatic rings. The highest BCUT2D eigenvalue weighted by atomic mass is 32.2. The summed E-state index contributed by atoms with van der Waals surface area (Å²) < 4.78 is 28.6. The molecule has 1 amide bonds. The van der Waals surface area contributed by atoms with Crippen LogP contribution >= 0.6 is 0 Å². The summed E-state index contributed by atoms with van der Waals surface area (Å²) in [6.07, 6.45) is 0.776. The Morgan fingerprint density at radius 2 is 1.92 bits per heavy atom. The number of benzene rings is 2. The van der Waals surface area contributed by atoms with E-state index < -0.39 is 10.0 Å². The number of amides is 1. The molecule has 7 heteroatoms. The first-order chi connectivity index (χ1) is 11.8. The molecule has 0 saturated carbocycles. The summed E-state index contributed by atoms with van der Waals surface area (Å²) in [5.41, 5.74) is 1.89. The quantitative estimate of drug-likeness (QED) is 0.791. The van der Waals surface area contributed by atoms with Gasteiger partial charge in [0.25, 0.3) is 0 Å².